The molecule has 1 aromatic carbocycles. The molecule has 1 unspecified atom stereocenters. The molecule has 102 valence electrons. The van der Waals surface area contributed by atoms with Gasteiger partial charge in [0.05, 0.1) is 5.56 Å². The van der Waals surface area contributed by atoms with Crippen LogP contribution in [0.3, 0.4) is 0 Å². The summed E-state index contributed by atoms with van der Waals surface area (Å²) in [5.74, 6) is 0.341. The molecule has 0 amide bonds. The molecular weight excluding hydrogens is 239 g/mol. The Hall–Kier alpha value is -1.03. The summed E-state index contributed by atoms with van der Waals surface area (Å²) in [6.45, 7) is 7.05. The number of nitrogens with one attached hydrogen (secondary N) is 1. The quantitative estimate of drug-likeness (QED) is 0.826. The third-order valence-electron chi connectivity index (χ3n) is 2.88. The van der Waals surface area contributed by atoms with Crippen molar-refractivity contribution in [3.05, 3.63) is 35.4 Å². The van der Waals surface area contributed by atoms with E-state index in [0.717, 1.165) is 30.7 Å². The molecule has 0 aliphatic carbocycles. The second kappa shape index (κ2) is 6.23. The Morgan fingerprint density at radius 3 is 2.06 bits per heavy atom. The summed E-state index contributed by atoms with van der Waals surface area (Å²) in [6, 6.07) is 5.54. The molecule has 1 N–H and O–H groups in total. The predicted molar refractivity (Wildman–Crippen MR) is 67.3 cm³/mol. The number of halogens is 3. The van der Waals surface area contributed by atoms with E-state index in [9.17, 15) is 13.2 Å². The molecular formula is C14H20F3N. The highest BCUT2D eigenvalue weighted by Gasteiger charge is 2.30. The number of rotatable bonds is 5. The van der Waals surface area contributed by atoms with Gasteiger partial charge in [0.1, 0.15) is 0 Å². The van der Waals surface area contributed by atoms with Crippen molar-refractivity contribution in [2.75, 3.05) is 6.54 Å². The van der Waals surface area contributed by atoms with E-state index in [4.69, 9.17) is 0 Å². The molecule has 0 bridgehead atoms. The largest absolute Gasteiger partial charge is 0.416 e. The Bertz CT molecular complexity index is 354. The molecule has 0 heterocycles. The number of alkyl halides is 3. The standard InChI is InChI=1S/C14H20F3N/c1-4-9-18-13(10(2)3)11-5-7-12(8-6-11)14(15,16)17/h5-8,10,13,18H,4,9H2,1-3H3. The van der Waals surface area contributed by atoms with E-state index in [2.05, 4.69) is 26.1 Å². The van der Waals surface area contributed by atoms with Gasteiger partial charge in [0.25, 0.3) is 0 Å². The Balaban J connectivity index is 2.87. The van der Waals surface area contributed by atoms with Gasteiger partial charge in [-0.05, 0) is 36.6 Å². The van der Waals surface area contributed by atoms with Crippen molar-refractivity contribution in [3.8, 4) is 0 Å². The van der Waals surface area contributed by atoms with E-state index in [1.165, 1.54) is 0 Å². The maximum absolute atomic E-state index is 12.5. The van der Waals surface area contributed by atoms with Crippen LogP contribution in [0, 0.1) is 5.92 Å². The molecule has 0 aliphatic heterocycles. The van der Waals surface area contributed by atoms with E-state index in [1.807, 2.05) is 0 Å². The van der Waals surface area contributed by atoms with Crippen LogP contribution in [-0.2, 0) is 6.18 Å². The summed E-state index contributed by atoms with van der Waals surface area (Å²) < 4.78 is 37.4. The molecule has 0 aliphatic rings. The highest BCUT2D eigenvalue weighted by Crippen LogP contribution is 2.30. The summed E-state index contributed by atoms with van der Waals surface area (Å²) in [7, 11) is 0. The van der Waals surface area contributed by atoms with Gasteiger partial charge in [0.15, 0.2) is 0 Å². The van der Waals surface area contributed by atoms with Gasteiger partial charge in [-0.25, -0.2) is 0 Å². The van der Waals surface area contributed by atoms with E-state index in [1.54, 1.807) is 12.1 Å². The monoisotopic (exact) mass is 259 g/mol. The van der Waals surface area contributed by atoms with E-state index >= 15 is 0 Å². The summed E-state index contributed by atoms with van der Waals surface area (Å²) in [5, 5.41) is 3.36. The highest BCUT2D eigenvalue weighted by atomic mass is 19.4. The average Bonchev–Trinajstić information content (AvgIpc) is 2.28. The molecule has 1 atom stereocenters. The van der Waals surface area contributed by atoms with Gasteiger partial charge in [0, 0.05) is 6.04 Å². The first-order valence-corrected chi connectivity index (χ1v) is 6.26. The molecule has 18 heavy (non-hydrogen) atoms. The molecule has 1 nitrogen and oxygen atoms in total. The summed E-state index contributed by atoms with van der Waals surface area (Å²) in [6.07, 6.45) is -3.26. The van der Waals surface area contributed by atoms with Gasteiger partial charge in [-0.3, -0.25) is 0 Å². The van der Waals surface area contributed by atoms with Crippen LogP contribution in [0.5, 0.6) is 0 Å². The first-order chi connectivity index (χ1) is 8.36. The van der Waals surface area contributed by atoms with Crippen molar-refractivity contribution >= 4 is 0 Å². The SMILES string of the molecule is CCCNC(c1ccc(C(F)(F)F)cc1)C(C)C. The lowest BCUT2D eigenvalue weighted by Crippen LogP contribution is -2.26. The molecule has 0 spiro atoms. The molecule has 4 heteroatoms. The van der Waals surface area contributed by atoms with Crippen molar-refractivity contribution in [2.45, 2.75) is 39.4 Å². The molecule has 0 saturated carbocycles. The maximum Gasteiger partial charge on any atom is 0.416 e. The van der Waals surface area contributed by atoms with Crippen LogP contribution in [0.1, 0.15) is 44.4 Å². The Labute approximate surface area is 106 Å². The van der Waals surface area contributed by atoms with Crippen LogP contribution in [0.4, 0.5) is 13.2 Å². The van der Waals surface area contributed by atoms with Gasteiger partial charge >= 0.3 is 6.18 Å². The highest BCUT2D eigenvalue weighted by molar-refractivity contribution is 5.27. The second-order valence-electron chi connectivity index (χ2n) is 4.80. The average molecular weight is 259 g/mol. The fourth-order valence-corrected chi connectivity index (χ4v) is 1.92. The molecule has 1 rings (SSSR count). The lowest BCUT2D eigenvalue weighted by atomic mass is 9.95. The van der Waals surface area contributed by atoms with Crippen molar-refractivity contribution in [1.29, 1.82) is 0 Å². The van der Waals surface area contributed by atoms with E-state index in [0.29, 0.717) is 5.92 Å². The normalized spacial score (nSPS) is 13.9. The smallest absolute Gasteiger partial charge is 0.310 e. The molecule has 1 aromatic rings. The Morgan fingerprint density at radius 1 is 1.11 bits per heavy atom. The number of hydrogen-bond acceptors (Lipinski definition) is 1. The lowest BCUT2D eigenvalue weighted by molar-refractivity contribution is -0.137. The van der Waals surface area contributed by atoms with Crippen molar-refractivity contribution in [1.82, 2.24) is 5.32 Å². The van der Waals surface area contributed by atoms with Crippen LogP contribution in [-0.4, -0.2) is 6.54 Å². The zero-order valence-electron chi connectivity index (χ0n) is 11.0. The van der Waals surface area contributed by atoms with Crippen LogP contribution in [0.2, 0.25) is 0 Å². The molecule has 0 radical (unpaired) electrons. The van der Waals surface area contributed by atoms with Gasteiger partial charge in [0.2, 0.25) is 0 Å². The third kappa shape index (κ3) is 4.02. The lowest BCUT2D eigenvalue weighted by Gasteiger charge is -2.23. The van der Waals surface area contributed by atoms with Crippen LogP contribution in [0.15, 0.2) is 24.3 Å². The second-order valence-corrected chi connectivity index (χ2v) is 4.80. The zero-order chi connectivity index (χ0) is 13.8. The van der Waals surface area contributed by atoms with Gasteiger partial charge in [-0.2, -0.15) is 13.2 Å². The van der Waals surface area contributed by atoms with Crippen LogP contribution < -0.4 is 5.32 Å². The maximum atomic E-state index is 12.5. The minimum absolute atomic E-state index is 0.104. The van der Waals surface area contributed by atoms with Gasteiger partial charge in [-0.1, -0.05) is 32.9 Å². The molecule has 0 fully saturated rings. The van der Waals surface area contributed by atoms with Crippen molar-refractivity contribution < 1.29 is 13.2 Å². The van der Waals surface area contributed by atoms with Crippen LogP contribution >= 0.6 is 0 Å². The first-order valence-electron chi connectivity index (χ1n) is 6.26. The predicted octanol–water partition coefficient (Wildman–Crippen LogP) is 4.40. The number of benzene rings is 1. The van der Waals surface area contributed by atoms with Crippen LogP contribution in [0.25, 0.3) is 0 Å². The Morgan fingerprint density at radius 2 is 1.67 bits per heavy atom. The zero-order valence-corrected chi connectivity index (χ0v) is 11.0. The Kier molecular flexibility index (Phi) is 5.20. The van der Waals surface area contributed by atoms with E-state index < -0.39 is 11.7 Å². The minimum atomic E-state index is -4.26. The van der Waals surface area contributed by atoms with Crippen molar-refractivity contribution in [3.63, 3.8) is 0 Å². The fourth-order valence-electron chi connectivity index (χ4n) is 1.92. The van der Waals surface area contributed by atoms with Crippen molar-refractivity contribution in [2.24, 2.45) is 5.92 Å². The summed E-state index contributed by atoms with van der Waals surface area (Å²) in [5.41, 5.74) is 0.315. The topological polar surface area (TPSA) is 12.0 Å². The van der Waals surface area contributed by atoms with Gasteiger partial charge in [-0.15, -0.1) is 0 Å². The van der Waals surface area contributed by atoms with Gasteiger partial charge < -0.3 is 5.32 Å². The third-order valence-corrected chi connectivity index (χ3v) is 2.88. The summed E-state index contributed by atoms with van der Waals surface area (Å²) in [4.78, 5) is 0. The fraction of sp³-hybridized carbons (Fsp3) is 0.571. The number of hydrogen-bond donors (Lipinski definition) is 1. The van der Waals surface area contributed by atoms with E-state index in [-0.39, 0.29) is 6.04 Å². The first kappa shape index (κ1) is 15.0. The molecule has 0 saturated heterocycles. The molecule has 0 aromatic heterocycles. The summed E-state index contributed by atoms with van der Waals surface area (Å²) >= 11 is 0. The minimum Gasteiger partial charge on any atom is -0.310 e.